The molecule has 4 unspecified atom stereocenters. The highest BCUT2D eigenvalue weighted by atomic mass is 16.8. The number of hydrogen-bond acceptors (Lipinski definition) is 7. The minimum atomic E-state index is -0.988. The number of nitrogens with zero attached hydrogens (tertiary/aromatic N) is 2. The van der Waals surface area contributed by atoms with Crippen LogP contribution in [0.1, 0.15) is 49.0 Å². The number of carbonyl (C=O) groups excluding carboxylic acids is 1. The summed E-state index contributed by atoms with van der Waals surface area (Å²) in [4.78, 5) is 29.5. The standard InChI is InChI=1S/C32H38N4O6/c1-18(2)30(19-8-11-27(41-3)28(15-19)42-4)33-32(38)24-14-20-13-23(36(39)40)9-10-26(20)35-16-21-12-22(31(24)35)17-34-25(21)6-5-7-29(34)37/h5-11,13,15,18,21-22,24,30-31,36,39H,12,14,16-17H2,1-4H3,(H,33,38)/t21?,22?,24-,30?,31+/m1/s1. The number of methoxy groups -OCH3 is 2. The smallest absolute Gasteiger partial charge is 0.250 e. The quantitative estimate of drug-likeness (QED) is 0.371. The van der Waals surface area contributed by atoms with Crippen LogP contribution < -0.4 is 30.5 Å². The van der Waals surface area contributed by atoms with Gasteiger partial charge in [-0.3, -0.25) is 9.59 Å². The van der Waals surface area contributed by atoms with E-state index in [1.165, 1.54) is 0 Å². The molecule has 42 heavy (non-hydrogen) atoms. The first-order valence-corrected chi connectivity index (χ1v) is 14.5. The summed E-state index contributed by atoms with van der Waals surface area (Å²) in [7, 11) is 3.18. The molecule has 2 bridgehead atoms. The van der Waals surface area contributed by atoms with Gasteiger partial charge in [-0.05, 0) is 60.1 Å². The van der Waals surface area contributed by atoms with E-state index in [4.69, 9.17) is 9.47 Å². The summed E-state index contributed by atoms with van der Waals surface area (Å²) in [6.45, 7) is 5.36. The zero-order chi connectivity index (χ0) is 29.7. The van der Waals surface area contributed by atoms with Gasteiger partial charge in [0.25, 0.3) is 5.56 Å². The molecule has 0 saturated carbocycles. The van der Waals surface area contributed by atoms with E-state index in [0.717, 1.165) is 28.9 Å². The number of hydrogen-bond donors (Lipinski definition) is 3. The van der Waals surface area contributed by atoms with Crippen LogP contribution in [0.4, 0.5) is 11.4 Å². The number of ether oxygens (including phenoxy) is 2. The molecule has 1 fully saturated rings. The van der Waals surface area contributed by atoms with Crippen LogP contribution in [0.15, 0.2) is 59.4 Å². The molecule has 1 amide bonds. The van der Waals surface area contributed by atoms with Crippen molar-refractivity contribution in [3.05, 3.63) is 87.0 Å². The van der Waals surface area contributed by atoms with Crippen molar-refractivity contribution < 1.29 is 24.7 Å². The van der Waals surface area contributed by atoms with Gasteiger partial charge in [0.15, 0.2) is 17.2 Å². The number of carbonyl (C=O) groups is 1. The van der Waals surface area contributed by atoms with Gasteiger partial charge >= 0.3 is 0 Å². The molecule has 10 nitrogen and oxygen atoms in total. The van der Waals surface area contributed by atoms with Gasteiger partial charge in [0.05, 0.1) is 26.2 Å². The molecular weight excluding hydrogens is 536 g/mol. The van der Waals surface area contributed by atoms with Crippen molar-refractivity contribution in [3.8, 4) is 11.5 Å². The largest absolute Gasteiger partial charge is 0.595 e. The van der Waals surface area contributed by atoms with E-state index in [1.807, 2.05) is 41.0 Å². The molecule has 3 N–H and O–H groups in total. The molecule has 1 aromatic heterocycles. The topological polar surface area (TPSA) is 121 Å². The van der Waals surface area contributed by atoms with E-state index in [1.54, 1.807) is 32.4 Å². The Kier molecular flexibility index (Phi) is 7.46. The van der Waals surface area contributed by atoms with E-state index < -0.39 is 11.1 Å². The monoisotopic (exact) mass is 574 g/mol. The van der Waals surface area contributed by atoms with Gasteiger partial charge in [-0.1, -0.05) is 26.0 Å². The molecule has 1 saturated heterocycles. The number of amides is 1. The Hall–Kier alpha value is -3.86. The normalized spacial score (nSPS) is 23.7. The molecule has 0 spiro atoms. The molecule has 4 heterocycles. The highest BCUT2D eigenvalue weighted by molar-refractivity contribution is 5.83. The van der Waals surface area contributed by atoms with E-state index in [-0.39, 0.29) is 47.0 Å². The Labute approximate surface area is 245 Å². The zero-order valence-corrected chi connectivity index (χ0v) is 24.4. The van der Waals surface area contributed by atoms with Crippen molar-refractivity contribution in [2.75, 3.05) is 25.7 Å². The minimum absolute atomic E-state index is 0.00714. The molecule has 3 aliphatic heterocycles. The summed E-state index contributed by atoms with van der Waals surface area (Å²) < 4.78 is 12.8. The van der Waals surface area contributed by atoms with Crippen LogP contribution in [-0.2, 0) is 17.8 Å². The van der Waals surface area contributed by atoms with Crippen LogP contribution in [0.25, 0.3) is 0 Å². The second kappa shape index (κ2) is 11.1. The van der Waals surface area contributed by atoms with Gasteiger partial charge in [0.2, 0.25) is 5.91 Å². The Morgan fingerprint density at radius 3 is 2.57 bits per heavy atom. The number of nitrogens with one attached hydrogen (secondary N) is 2. The second-order valence-electron chi connectivity index (χ2n) is 12.0. The number of piperidine rings is 1. The van der Waals surface area contributed by atoms with Crippen molar-refractivity contribution in [2.24, 2.45) is 17.8 Å². The van der Waals surface area contributed by atoms with Crippen LogP contribution in [0.5, 0.6) is 11.5 Å². The van der Waals surface area contributed by atoms with Gasteiger partial charge in [0, 0.05) is 54.6 Å². The van der Waals surface area contributed by atoms with Crippen molar-refractivity contribution >= 4 is 17.3 Å². The first-order chi connectivity index (χ1) is 20.2. The third-order valence-corrected chi connectivity index (χ3v) is 9.32. The maximum absolute atomic E-state index is 14.3. The molecule has 0 radical (unpaired) electrons. The Bertz CT molecular complexity index is 1550. The molecule has 3 aromatic rings. The van der Waals surface area contributed by atoms with Crippen molar-refractivity contribution in [1.29, 1.82) is 0 Å². The van der Waals surface area contributed by atoms with E-state index >= 15 is 0 Å². The number of anilines is 1. The highest BCUT2D eigenvalue weighted by Gasteiger charge is 2.49. The molecule has 3 aliphatic rings. The predicted molar refractivity (Wildman–Crippen MR) is 157 cm³/mol. The number of quaternary nitrogens is 1. The van der Waals surface area contributed by atoms with Gasteiger partial charge < -0.3 is 29.5 Å². The summed E-state index contributed by atoms with van der Waals surface area (Å²) in [6.07, 6.45) is 1.33. The number of pyridine rings is 1. The predicted octanol–water partition coefficient (Wildman–Crippen LogP) is 2.95. The average molecular weight is 575 g/mol. The molecule has 222 valence electrons. The lowest BCUT2D eigenvalue weighted by Gasteiger charge is -2.54. The number of aromatic nitrogens is 1. The summed E-state index contributed by atoms with van der Waals surface area (Å²) >= 11 is 0. The second-order valence-corrected chi connectivity index (χ2v) is 12.0. The average Bonchev–Trinajstić information content (AvgIpc) is 2.99. The Balaban J connectivity index is 1.38. The van der Waals surface area contributed by atoms with Gasteiger partial charge in [0.1, 0.15) is 0 Å². The number of benzene rings is 2. The van der Waals surface area contributed by atoms with Crippen LogP contribution in [0.3, 0.4) is 0 Å². The van der Waals surface area contributed by atoms with Crippen LogP contribution in [-0.4, -0.2) is 42.5 Å². The first kappa shape index (κ1) is 28.3. The lowest BCUT2D eigenvalue weighted by molar-refractivity contribution is -0.991. The maximum Gasteiger partial charge on any atom is 0.250 e. The molecule has 6 rings (SSSR count). The summed E-state index contributed by atoms with van der Waals surface area (Å²) in [6, 6.07) is 16.0. The fraction of sp³-hybridized carbons (Fsp3) is 0.438. The maximum atomic E-state index is 14.3. The lowest BCUT2D eigenvalue weighted by Crippen LogP contribution is -2.99. The van der Waals surface area contributed by atoms with Gasteiger partial charge in [-0.15, -0.1) is 0 Å². The van der Waals surface area contributed by atoms with Crippen LogP contribution >= 0.6 is 0 Å². The fourth-order valence-corrected chi connectivity index (χ4v) is 7.43. The van der Waals surface area contributed by atoms with Crippen LogP contribution in [0.2, 0.25) is 0 Å². The zero-order valence-electron chi connectivity index (χ0n) is 24.4. The Morgan fingerprint density at radius 2 is 1.86 bits per heavy atom. The summed E-state index contributed by atoms with van der Waals surface area (Å²) in [5.74, 6) is 1.06. The number of fused-ring (bicyclic) bond motifs is 8. The van der Waals surface area contributed by atoms with E-state index in [9.17, 15) is 20.0 Å². The molecule has 2 aromatic carbocycles. The summed E-state index contributed by atoms with van der Waals surface area (Å²) in [5, 5.41) is 23.9. The fourth-order valence-electron chi connectivity index (χ4n) is 7.43. The number of rotatable bonds is 7. The van der Waals surface area contributed by atoms with Gasteiger partial charge in [-0.2, -0.15) is 5.23 Å². The van der Waals surface area contributed by atoms with Crippen molar-refractivity contribution in [1.82, 2.24) is 9.88 Å². The van der Waals surface area contributed by atoms with E-state index in [2.05, 4.69) is 24.1 Å². The lowest BCUT2D eigenvalue weighted by atomic mass is 9.70. The molecule has 0 aliphatic carbocycles. The molecule has 10 heteroatoms. The Morgan fingerprint density at radius 1 is 1.07 bits per heavy atom. The van der Waals surface area contributed by atoms with Crippen LogP contribution in [0, 0.1) is 23.0 Å². The van der Waals surface area contributed by atoms with E-state index in [0.29, 0.717) is 31.0 Å². The third kappa shape index (κ3) is 4.83. The third-order valence-electron chi connectivity index (χ3n) is 9.32. The SMILES string of the molecule is COc1ccc(C(NC(=O)[C@@H]2Cc3cc([NH+]([O-])O)ccc3N3CC4CC(Cn5c4cccc5=O)[C@@H]23)C(C)C)cc1OC. The summed E-state index contributed by atoms with van der Waals surface area (Å²) in [5.41, 5.74) is 4.00. The van der Waals surface area contributed by atoms with Crippen molar-refractivity contribution in [2.45, 2.75) is 51.2 Å². The highest BCUT2D eigenvalue weighted by Crippen LogP contribution is 2.47. The van der Waals surface area contributed by atoms with Gasteiger partial charge in [-0.25, -0.2) is 5.21 Å². The molecular formula is C32H38N4O6. The first-order valence-electron chi connectivity index (χ1n) is 14.5. The minimum Gasteiger partial charge on any atom is -0.595 e. The van der Waals surface area contributed by atoms with Crippen molar-refractivity contribution in [3.63, 3.8) is 0 Å². The molecule has 6 atom stereocenters.